The third-order valence-electron chi connectivity index (χ3n) is 2.15. The predicted molar refractivity (Wildman–Crippen MR) is 64.2 cm³/mol. The number of benzene rings is 1. The average molecular weight is 272 g/mol. The van der Waals surface area contributed by atoms with Crippen LogP contribution >= 0.6 is 0 Å². The van der Waals surface area contributed by atoms with E-state index in [1.54, 1.807) is 18.2 Å². The highest BCUT2D eigenvalue weighted by Crippen LogP contribution is 2.19. The Hall–Kier alpha value is -1.83. The van der Waals surface area contributed by atoms with Gasteiger partial charge in [-0.05, 0) is 12.1 Å². The topological polar surface area (TPSA) is 116 Å². The van der Waals surface area contributed by atoms with E-state index in [1.165, 1.54) is 6.07 Å². The van der Waals surface area contributed by atoms with Gasteiger partial charge < -0.3 is 29.9 Å². The second kappa shape index (κ2) is 7.57. The Kier molecular flexibility index (Phi) is 6.07. The lowest BCUT2D eigenvalue weighted by Gasteiger charge is -2.12. The summed E-state index contributed by atoms with van der Waals surface area (Å²) < 4.78 is 10.3. The van der Waals surface area contributed by atoms with Crippen molar-refractivity contribution in [1.82, 2.24) is 0 Å². The number of rotatable bonds is 8. The van der Waals surface area contributed by atoms with E-state index < -0.39 is 24.8 Å². The SMILES string of the molecule is O=C(O)C(O)COc1cccc(OCC(O)CO)c1. The van der Waals surface area contributed by atoms with Gasteiger partial charge in [0.25, 0.3) is 0 Å². The lowest BCUT2D eigenvalue weighted by molar-refractivity contribution is -0.148. The fourth-order valence-corrected chi connectivity index (χ4v) is 1.15. The number of carboxylic acid groups (broad SMARTS) is 1. The largest absolute Gasteiger partial charge is 0.491 e. The minimum absolute atomic E-state index is 0.0717. The summed E-state index contributed by atoms with van der Waals surface area (Å²) in [6, 6.07) is 6.29. The number of carbonyl (C=O) groups is 1. The lowest BCUT2D eigenvalue weighted by atomic mass is 10.3. The maximum absolute atomic E-state index is 10.4. The van der Waals surface area contributed by atoms with Gasteiger partial charge in [0.2, 0.25) is 0 Å². The lowest BCUT2D eigenvalue weighted by Crippen LogP contribution is -2.26. The molecule has 0 bridgehead atoms. The van der Waals surface area contributed by atoms with Crippen molar-refractivity contribution in [3.05, 3.63) is 24.3 Å². The molecule has 2 atom stereocenters. The van der Waals surface area contributed by atoms with Crippen molar-refractivity contribution in [3.8, 4) is 11.5 Å². The first kappa shape index (κ1) is 15.2. The second-order valence-corrected chi connectivity index (χ2v) is 3.79. The summed E-state index contributed by atoms with van der Waals surface area (Å²) in [5.74, 6) is -0.635. The first-order chi connectivity index (χ1) is 9.02. The van der Waals surface area contributed by atoms with E-state index in [1.807, 2.05) is 0 Å². The van der Waals surface area contributed by atoms with Gasteiger partial charge in [0.05, 0.1) is 6.61 Å². The monoisotopic (exact) mass is 272 g/mol. The van der Waals surface area contributed by atoms with E-state index in [9.17, 15) is 4.79 Å². The van der Waals surface area contributed by atoms with Gasteiger partial charge in [0, 0.05) is 6.07 Å². The van der Waals surface area contributed by atoms with E-state index in [-0.39, 0.29) is 13.2 Å². The standard InChI is InChI=1S/C12H16O7/c13-5-8(14)6-18-9-2-1-3-10(4-9)19-7-11(15)12(16)17/h1-4,8,11,13-15H,5-7H2,(H,16,17). The van der Waals surface area contributed by atoms with E-state index in [0.29, 0.717) is 11.5 Å². The molecule has 4 N–H and O–H groups in total. The van der Waals surface area contributed by atoms with Gasteiger partial charge in [-0.25, -0.2) is 4.79 Å². The van der Waals surface area contributed by atoms with Crippen LogP contribution in [0.3, 0.4) is 0 Å². The molecule has 0 fully saturated rings. The molecule has 0 aromatic heterocycles. The summed E-state index contributed by atoms with van der Waals surface area (Å²) in [5, 5.41) is 35.3. The minimum atomic E-state index is -1.60. The van der Waals surface area contributed by atoms with Gasteiger partial charge in [-0.1, -0.05) is 6.07 Å². The number of aliphatic hydroxyl groups excluding tert-OH is 3. The molecular weight excluding hydrogens is 256 g/mol. The Morgan fingerprint density at radius 2 is 1.74 bits per heavy atom. The van der Waals surface area contributed by atoms with Crippen LogP contribution in [0.25, 0.3) is 0 Å². The zero-order valence-corrected chi connectivity index (χ0v) is 10.1. The third-order valence-corrected chi connectivity index (χ3v) is 2.15. The quantitative estimate of drug-likeness (QED) is 0.491. The first-order valence-electron chi connectivity index (χ1n) is 5.58. The van der Waals surface area contributed by atoms with Crippen molar-refractivity contribution in [1.29, 1.82) is 0 Å². The summed E-state index contributed by atoms with van der Waals surface area (Å²) in [4.78, 5) is 10.4. The average Bonchev–Trinajstić information content (AvgIpc) is 2.42. The van der Waals surface area contributed by atoms with E-state index in [2.05, 4.69) is 0 Å². The van der Waals surface area contributed by atoms with Crippen molar-refractivity contribution >= 4 is 5.97 Å². The van der Waals surface area contributed by atoms with Crippen LogP contribution in [0.5, 0.6) is 11.5 Å². The van der Waals surface area contributed by atoms with Crippen LogP contribution in [0, 0.1) is 0 Å². The number of hydrogen-bond acceptors (Lipinski definition) is 6. The molecule has 0 spiro atoms. The Bertz CT molecular complexity index is 407. The fraction of sp³-hybridized carbons (Fsp3) is 0.417. The van der Waals surface area contributed by atoms with Crippen LogP contribution in [-0.2, 0) is 4.79 Å². The molecule has 1 rings (SSSR count). The van der Waals surface area contributed by atoms with Crippen LogP contribution in [0.4, 0.5) is 0 Å². The van der Waals surface area contributed by atoms with Crippen molar-refractivity contribution < 1.29 is 34.7 Å². The molecule has 0 saturated heterocycles. The van der Waals surface area contributed by atoms with Gasteiger partial charge in [-0.3, -0.25) is 0 Å². The van der Waals surface area contributed by atoms with Crippen molar-refractivity contribution in [2.75, 3.05) is 19.8 Å². The fourth-order valence-electron chi connectivity index (χ4n) is 1.15. The number of aliphatic carboxylic acids is 1. The van der Waals surface area contributed by atoms with E-state index in [4.69, 9.17) is 29.9 Å². The summed E-state index contributed by atoms with van der Waals surface area (Å²) in [5.41, 5.74) is 0. The van der Waals surface area contributed by atoms with Crippen molar-refractivity contribution in [2.45, 2.75) is 12.2 Å². The molecule has 0 radical (unpaired) electrons. The van der Waals surface area contributed by atoms with E-state index >= 15 is 0 Å². The normalized spacial score (nSPS) is 13.6. The van der Waals surface area contributed by atoms with Gasteiger partial charge in [0.1, 0.15) is 30.8 Å². The van der Waals surface area contributed by atoms with Crippen molar-refractivity contribution in [2.24, 2.45) is 0 Å². The molecule has 2 unspecified atom stereocenters. The van der Waals surface area contributed by atoms with Crippen LogP contribution < -0.4 is 9.47 Å². The molecule has 1 aromatic carbocycles. The van der Waals surface area contributed by atoms with Crippen LogP contribution in [0.15, 0.2) is 24.3 Å². The Morgan fingerprint density at radius 1 is 1.16 bits per heavy atom. The molecule has 0 aliphatic rings. The zero-order valence-electron chi connectivity index (χ0n) is 10.1. The highest BCUT2D eigenvalue weighted by Gasteiger charge is 2.13. The minimum Gasteiger partial charge on any atom is -0.491 e. The molecule has 0 amide bonds. The Labute approximate surface area is 109 Å². The molecule has 0 heterocycles. The second-order valence-electron chi connectivity index (χ2n) is 3.79. The molecule has 19 heavy (non-hydrogen) atoms. The number of carboxylic acids is 1. The van der Waals surface area contributed by atoms with Crippen LogP contribution in [0.2, 0.25) is 0 Å². The van der Waals surface area contributed by atoms with Gasteiger partial charge in [0.15, 0.2) is 6.10 Å². The molecule has 106 valence electrons. The smallest absolute Gasteiger partial charge is 0.336 e. The van der Waals surface area contributed by atoms with Crippen LogP contribution in [0.1, 0.15) is 0 Å². The van der Waals surface area contributed by atoms with Gasteiger partial charge in [-0.2, -0.15) is 0 Å². The maximum Gasteiger partial charge on any atom is 0.336 e. The highest BCUT2D eigenvalue weighted by atomic mass is 16.5. The van der Waals surface area contributed by atoms with Gasteiger partial charge in [-0.15, -0.1) is 0 Å². The number of hydrogen-bond donors (Lipinski definition) is 4. The molecule has 7 heteroatoms. The Balaban J connectivity index is 2.50. The van der Waals surface area contributed by atoms with Crippen molar-refractivity contribution in [3.63, 3.8) is 0 Å². The number of aliphatic hydroxyl groups is 3. The zero-order chi connectivity index (χ0) is 14.3. The van der Waals surface area contributed by atoms with E-state index in [0.717, 1.165) is 0 Å². The third kappa shape index (κ3) is 5.56. The summed E-state index contributed by atoms with van der Waals surface area (Å²) in [6.07, 6.45) is -2.57. The Morgan fingerprint density at radius 3 is 2.26 bits per heavy atom. The maximum atomic E-state index is 10.4. The molecule has 0 aliphatic carbocycles. The molecule has 0 saturated carbocycles. The highest BCUT2D eigenvalue weighted by molar-refractivity contribution is 5.72. The summed E-state index contributed by atoms with van der Waals surface area (Å²) in [7, 11) is 0. The summed E-state index contributed by atoms with van der Waals surface area (Å²) >= 11 is 0. The molecule has 7 nitrogen and oxygen atoms in total. The molecular formula is C12H16O7. The molecule has 0 aliphatic heterocycles. The number of ether oxygens (including phenoxy) is 2. The first-order valence-corrected chi connectivity index (χ1v) is 5.58. The van der Waals surface area contributed by atoms with Gasteiger partial charge >= 0.3 is 5.97 Å². The molecule has 1 aromatic rings. The summed E-state index contributed by atoms with van der Waals surface area (Å²) in [6.45, 7) is -0.850. The van der Waals surface area contributed by atoms with Crippen LogP contribution in [-0.4, -0.2) is 58.4 Å². The predicted octanol–water partition coefficient (Wildman–Crippen LogP) is -0.757.